The van der Waals surface area contributed by atoms with Crippen LogP contribution in [0.3, 0.4) is 0 Å². The molecule has 0 radical (unpaired) electrons. The third kappa shape index (κ3) is 1.59. The molecule has 0 amide bonds. The first-order valence-corrected chi connectivity index (χ1v) is 6.11. The summed E-state index contributed by atoms with van der Waals surface area (Å²) < 4.78 is 0. The summed E-state index contributed by atoms with van der Waals surface area (Å²) in [6, 6.07) is 0. The number of aliphatic hydroxyl groups is 1. The van der Waals surface area contributed by atoms with Crippen LogP contribution in [0.15, 0.2) is 0 Å². The van der Waals surface area contributed by atoms with Gasteiger partial charge in [-0.1, -0.05) is 20.3 Å². The number of fused-ring (bicyclic) bond motifs is 2. The Morgan fingerprint density at radius 1 is 1.50 bits per heavy atom. The zero-order valence-corrected chi connectivity index (χ0v) is 9.50. The lowest BCUT2D eigenvalue weighted by Crippen LogP contribution is -2.50. The minimum absolute atomic E-state index is 0.344. The Hall–Kier alpha value is -0.0800. The van der Waals surface area contributed by atoms with Crippen LogP contribution in [0.1, 0.15) is 39.5 Å². The van der Waals surface area contributed by atoms with E-state index in [4.69, 9.17) is 0 Å². The van der Waals surface area contributed by atoms with E-state index in [9.17, 15) is 5.11 Å². The Balaban J connectivity index is 2.06. The first-order chi connectivity index (χ1) is 6.66. The minimum atomic E-state index is -0.344. The molecule has 1 N–H and O–H groups in total. The van der Waals surface area contributed by atoms with Crippen molar-refractivity contribution in [2.45, 2.75) is 45.1 Å². The standard InChI is InChI=1S/C12H23NO/c1-3-4-10(2)12(14)6-8-13-7-5-11(12)9-13/h10-11,14H,3-9H2,1-2H3. The van der Waals surface area contributed by atoms with E-state index in [1.54, 1.807) is 0 Å². The maximum absolute atomic E-state index is 10.7. The summed E-state index contributed by atoms with van der Waals surface area (Å²) in [6.45, 7) is 7.92. The van der Waals surface area contributed by atoms with Gasteiger partial charge in [-0.2, -0.15) is 0 Å². The van der Waals surface area contributed by atoms with Crippen molar-refractivity contribution < 1.29 is 5.11 Å². The van der Waals surface area contributed by atoms with Crippen molar-refractivity contribution in [3.05, 3.63) is 0 Å². The van der Waals surface area contributed by atoms with Gasteiger partial charge in [0.25, 0.3) is 0 Å². The van der Waals surface area contributed by atoms with Gasteiger partial charge in [0.2, 0.25) is 0 Å². The molecule has 2 nitrogen and oxygen atoms in total. The summed E-state index contributed by atoms with van der Waals surface area (Å²) in [6.07, 6.45) is 4.58. The molecule has 2 aliphatic rings. The monoisotopic (exact) mass is 197 g/mol. The van der Waals surface area contributed by atoms with E-state index in [1.807, 2.05) is 0 Å². The number of hydrogen-bond acceptors (Lipinski definition) is 2. The Kier molecular flexibility index (Phi) is 2.85. The fourth-order valence-corrected chi connectivity index (χ4v) is 3.32. The molecular weight excluding hydrogens is 174 g/mol. The molecule has 2 rings (SSSR count). The third-order valence-corrected chi connectivity index (χ3v) is 4.38. The zero-order valence-electron chi connectivity index (χ0n) is 9.50. The highest BCUT2D eigenvalue weighted by molar-refractivity contribution is 4.99. The summed E-state index contributed by atoms with van der Waals surface area (Å²) in [5.74, 6) is 1.04. The van der Waals surface area contributed by atoms with Crippen molar-refractivity contribution in [3.8, 4) is 0 Å². The average molecular weight is 197 g/mol. The quantitative estimate of drug-likeness (QED) is 0.746. The lowest BCUT2D eigenvalue weighted by atomic mass is 9.72. The molecule has 14 heavy (non-hydrogen) atoms. The molecule has 2 bridgehead atoms. The number of piperidine rings is 1. The topological polar surface area (TPSA) is 23.5 Å². The molecule has 0 saturated carbocycles. The van der Waals surface area contributed by atoms with Gasteiger partial charge in [-0.3, -0.25) is 0 Å². The second-order valence-corrected chi connectivity index (χ2v) is 5.22. The van der Waals surface area contributed by atoms with Gasteiger partial charge in [0, 0.05) is 19.0 Å². The van der Waals surface area contributed by atoms with E-state index < -0.39 is 0 Å². The van der Waals surface area contributed by atoms with Crippen LogP contribution >= 0.6 is 0 Å². The number of nitrogens with zero attached hydrogens (tertiary/aromatic N) is 1. The summed E-state index contributed by atoms with van der Waals surface area (Å²) in [5.41, 5.74) is -0.344. The Morgan fingerprint density at radius 3 is 3.00 bits per heavy atom. The SMILES string of the molecule is CCCC(C)C1(O)CCN2CCC1C2. The maximum atomic E-state index is 10.7. The molecular formula is C12H23NO. The lowest BCUT2D eigenvalue weighted by molar-refractivity contribution is -0.0877. The molecule has 0 spiro atoms. The van der Waals surface area contributed by atoms with Gasteiger partial charge < -0.3 is 10.0 Å². The molecule has 2 fully saturated rings. The molecule has 4 unspecified atom stereocenters. The van der Waals surface area contributed by atoms with Crippen LogP contribution in [-0.4, -0.2) is 35.2 Å². The highest BCUT2D eigenvalue weighted by Gasteiger charge is 2.47. The normalized spacial score (nSPS) is 43.9. The molecule has 2 heteroatoms. The third-order valence-electron chi connectivity index (χ3n) is 4.38. The Morgan fingerprint density at radius 2 is 2.29 bits per heavy atom. The first kappa shape index (κ1) is 10.4. The fraction of sp³-hybridized carbons (Fsp3) is 1.00. The summed E-state index contributed by atoms with van der Waals surface area (Å²) in [5, 5.41) is 10.7. The molecule has 2 aliphatic heterocycles. The van der Waals surface area contributed by atoms with Crippen LogP contribution in [0.5, 0.6) is 0 Å². The predicted molar refractivity (Wildman–Crippen MR) is 58.2 cm³/mol. The first-order valence-electron chi connectivity index (χ1n) is 6.11. The van der Waals surface area contributed by atoms with Crippen molar-refractivity contribution in [1.29, 1.82) is 0 Å². The van der Waals surface area contributed by atoms with Gasteiger partial charge in [0.1, 0.15) is 0 Å². The molecule has 2 saturated heterocycles. The van der Waals surface area contributed by atoms with Crippen LogP contribution in [0.2, 0.25) is 0 Å². The van der Waals surface area contributed by atoms with Gasteiger partial charge >= 0.3 is 0 Å². The zero-order chi connectivity index (χ0) is 10.2. The van der Waals surface area contributed by atoms with Gasteiger partial charge in [0.05, 0.1) is 5.60 Å². The van der Waals surface area contributed by atoms with Crippen LogP contribution in [-0.2, 0) is 0 Å². The highest BCUT2D eigenvalue weighted by Crippen LogP contribution is 2.41. The molecule has 82 valence electrons. The Labute approximate surface area is 87.3 Å². The molecule has 0 aliphatic carbocycles. The van der Waals surface area contributed by atoms with Crippen molar-refractivity contribution in [2.75, 3.05) is 19.6 Å². The van der Waals surface area contributed by atoms with Crippen molar-refractivity contribution >= 4 is 0 Å². The fourth-order valence-electron chi connectivity index (χ4n) is 3.32. The Bertz CT molecular complexity index is 206. The van der Waals surface area contributed by atoms with E-state index >= 15 is 0 Å². The maximum Gasteiger partial charge on any atom is 0.0726 e. The van der Waals surface area contributed by atoms with Crippen LogP contribution in [0, 0.1) is 11.8 Å². The van der Waals surface area contributed by atoms with Crippen LogP contribution in [0.25, 0.3) is 0 Å². The molecule has 4 atom stereocenters. The smallest absolute Gasteiger partial charge is 0.0726 e. The van der Waals surface area contributed by atoms with Crippen LogP contribution < -0.4 is 0 Å². The molecule has 0 aromatic carbocycles. The highest BCUT2D eigenvalue weighted by atomic mass is 16.3. The largest absolute Gasteiger partial charge is 0.389 e. The molecule has 0 aromatic heterocycles. The van der Waals surface area contributed by atoms with Gasteiger partial charge in [-0.15, -0.1) is 0 Å². The molecule has 2 heterocycles. The minimum Gasteiger partial charge on any atom is -0.389 e. The number of rotatable bonds is 3. The second-order valence-electron chi connectivity index (χ2n) is 5.22. The van der Waals surface area contributed by atoms with Crippen molar-refractivity contribution in [3.63, 3.8) is 0 Å². The average Bonchev–Trinajstić information content (AvgIpc) is 2.58. The van der Waals surface area contributed by atoms with Crippen molar-refractivity contribution in [1.82, 2.24) is 4.90 Å². The summed E-state index contributed by atoms with van der Waals surface area (Å²) in [4.78, 5) is 2.50. The van der Waals surface area contributed by atoms with Gasteiger partial charge in [0.15, 0.2) is 0 Å². The van der Waals surface area contributed by atoms with Gasteiger partial charge in [-0.25, -0.2) is 0 Å². The van der Waals surface area contributed by atoms with E-state index in [2.05, 4.69) is 18.7 Å². The van der Waals surface area contributed by atoms with Gasteiger partial charge in [-0.05, 0) is 31.7 Å². The number of hydrogen-bond donors (Lipinski definition) is 1. The summed E-state index contributed by atoms with van der Waals surface area (Å²) >= 11 is 0. The van der Waals surface area contributed by atoms with E-state index in [1.165, 1.54) is 25.8 Å². The van der Waals surface area contributed by atoms with E-state index in [0.29, 0.717) is 11.8 Å². The van der Waals surface area contributed by atoms with E-state index in [0.717, 1.165) is 19.5 Å². The predicted octanol–water partition coefficient (Wildman–Crippen LogP) is 1.88. The van der Waals surface area contributed by atoms with Crippen molar-refractivity contribution in [2.24, 2.45) is 11.8 Å². The lowest BCUT2D eigenvalue weighted by Gasteiger charge is -2.43. The summed E-state index contributed by atoms with van der Waals surface area (Å²) in [7, 11) is 0. The molecule has 0 aromatic rings. The van der Waals surface area contributed by atoms with E-state index in [-0.39, 0.29) is 5.60 Å². The second kappa shape index (κ2) is 3.82. The van der Waals surface area contributed by atoms with Crippen LogP contribution in [0.4, 0.5) is 0 Å².